The largest absolute Gasteiger partial charge is 0.338 e. The third-order valence-electron chi connectivity index (χ3n) is 3.87. The summed E-state index contributed by atoms with van der Waals surface area (Å²) in [5, 5.41) is 22.4. The second-order valence-electron chi connectivity index (χ2n) is 5.72. The van der Waals surface area contributed by atoms with Crippen LogP contribution in [0.3, 0.4) is 0 Å². The lowest BCUT2D eigenvalue weighted by molar-refractivity contribution is -0.384. The monoisotopic (exact) mass is 398 g/mol. The number of amides is 1. The first-order chi connectivity index (χ1) is 13.5. The normalized spacial score (nSPS) is 11.0. The van der Waals surface area contributed by atoms with E-state index in [9.17, 15) is 19.3 Å². The van der Waals surface area contributed by atoms with Crippen LogP contribution in [0.25, 0.3) is 22.1 Å². The Morgan fingerprint density at radius 1 is 1.25 bits per heavy atom. The molecule has 0 saturated heterocycles. The van der Waals surface area contributed by atoms with Gasteiger partial charge in [-0.1, -0.05) is 30.0 Å². The lowest BCUT2D eigenvalue weighted by Crippen LogP contribution is -2.15. The van der Waals surface area contributed by atoms with Crippen molar-refractivity contribution in [2.75, 3.05) is 11.1 Å². The van der Waals surface area contributed by atoms with E-state index in [1.54, 1.807) is 0 Å². The fraction of sp³-hybridized carbons (Fsp3) is 0.0588. The van der Waals surface area contributed by atoms with Crippen molar-refractivity contribution in [3.8, 4) is 0 Å². The van der Waals surface area contributed by atoms with E-state index in [-0.39, 0.29) is 22.3 Å². The highest BCUT2D eigenvalue weighted by Crippen LogP contribution is 2.24. The number of nitrogens with one attached hydrogen (secondary N) is 2. The van der Waals surface area contributed by atoms with Gasteiger partial charge in [0.25, 0.3) is 5.69 Å². The summed E-state index contributed by atoms with van der Waals surface area (Å²) in [6.45, 7) is 0. The molecule has 1 amide bonds. The SMILES string of the molecule is O=C(CSc1nnc2c(n1)[nH]c1ccccc12)Nc1cc([N+](=O)[O-])ccc1F. The van der Waals surface area contributed by atoms with Crippen molar-refractivity contribution in [2.24, 2.45) is 0 Å². The van der Waals surface area contributed by atoms with E-state index in [1.165, 1.54) is 0 Å². The summed E-state index contributed by atoms with van der Waals surface area (Å²) in [6.07, 6.45) is 0. The standard InChI is InChI=1S/C17H11FN6O3S/c18-11-6-5-9(24(26)27)7-13(11)19-14(25)8-28-17-21-16-15(22-23-17)10-3-1-2-4-12(10)20-16/h1-7H,8H2,(H,19,25)(H,20,21,23). The molecule has 2 N–H and O–H groups in total. The molecule has 4 rings (SSSR count). The van der Waals surface area contributed by atoms with Crippen LogP contribution < -0.4 is 5.32 Å². The second kappa shape index (κ2) is 7.19. The van der Waals surface area contributed by atoms with Gasteiger partial charge >= 0.3 is 0 Å². The molecule has 0 unspecified atom stereocenters. The summed E-state index contributed by atoms with van der Waals surface area (Å²) in [5.41, 5.74) is 1.47. The fourth-order valence-corrected chi connectivity index (χ4v) is 3.19. The number of non-ortho nitro benzene ring substituents is 1. The number of nitrogens with zero attached hydrogens (tertiary/aromatic N) is 4. The molecule has 11 heteroatoms. The summed E-state index contributed by atoms with van der Waals surface area (Å²) in [4.78, 5) is 29.6. The number of hydrogen-bond donors (Lipinski definition) is 2. The third kappa shape index (κ3) is 3.47. The topological polar surface area (TPSA) is 127 Å². The summed E-state index contributed by atoms with van der Waals surface area (Å²) >= 11 is 1.02. The van der Waals surface area contributed by atoms with Gasteiger partial charge in [0.15, 0.2) is 5.65 Å². The van der Waals surface area contributed by atoms with Gasteiger partial charge < -0.3 is 10.3 Å². The number of benzene rings is 2. The molecule has 28 heavy (non-hydrogen) atoms. The van der Waals surface area contributed by atoms with Crippen molar-refractivity contribution in [2.45, 2.75) is 5.16 Å². The van der Waals surface area contributed by atoms with E-state index < -0.39 is 16.6 Å². The van der Waals surface area contributed by atoms with Crippen molar-refractivity contribution in [1.82, 2.24) is 20.2 Å². The molecule has 0 saturated carbocycles. The second-order valence-corrected chi connectivity index (χ2v) is 6.66. The molecule has 0 spiro atoms. The fourth-order valence-electron chi connectivity index (χ4n) is 2.61. The van der Waals surface area contributed by atoms with Crippen LogP contribution in [0.5, 0.6) is 0 Å². The number of aromatic nitrogens is 4. The highest BCUT2D eigenvalue weighted by molar-refractivity contribution is 7.99. The number of nitro benzene ring substituents is 1. The maximum atomic E-state index is 13.7. The van der Waals surface area contributed by atoms with Gasteiger partial charge in [0.1, 0.15) is 11.3 Å². The van der Waals surface area contributed by atoms with E-state index in [1.807, 2.05) is 24.3 Å². The van der Waals surface area contributed by atoms with E-state index in [0.29, 0.717) is 11.2 Å². The number of carbonyl (C=O) groups is 1. The number of para-hydroxylation sites is 1. The molecule has 0 bridgehead atoms. The van der Waals surface area contributed by atoms with Crippen LogP contribution in [0.2, 0.25) is 0 Å². The van der Waals surface area contributed by atoms with Crippen LogP contribution in [0, 0.1) is 15.9 Å². The molecule has 0 radical (unpaired) electrons. The van der Waals surface area contributed by atoms with E-state index >= 15 is 0 Å². The zero-order chi connectivity index (χ0) is 19.7. The number of carbonyl (C=O) groups excluding carboxylic acids is 1. The zero-order valence-electron chi connectivity index (χ0n) is 14.0. The van der Waals surface area contributed by atoms with Gasteiger partial charge in [-0.05, 0) is 12.1 Å². The van der Waals surface area contributed by atoms with Gasteiger partial charge in [0.05, 0.1) is 16.4 Å². The van der Waals surface area contributed by atoms with Gasteiger partial charge in [0, 0.05) is 23.0 Å². The van der Waals surface area contributed by atoms with Gasteiger partial charge in [0.2, 0.25) is 11.1 Å². The summed E-state index contributed by atoms with van der Waals surface area (Å²) in [6, 6.07) is 10.5. The Kier molecular flexibility index (Phi) is 4.57. The Bertz CT molecular complexity index is 1230. The minimum atomic E-state index is -0.763. The first kappa shape index (κ1) is 17.8. The van der Waals surface area contributed by atoms with Crippen LogP contribution in [0.15, 0.2) is 47.6 Å². The number of hydrogen-bond acceptors (Lipinski definition) is 7. The number of rotatable bonds is 5. The maximum Gasteiger partial charge on any atom is 0.271 e. The number of nitro groups is 1. The van der Waals surface area contributed by atoms with Crippen molar-refractivity contribution in [3.05, 3.63) is 58.4 Å². The predicted octanol–water partition coefficient (Wildman–Crippen LogP) is 3.28. The smallest absolute Gasteiger partial charge is 0.271 e. The Hall–Kier alpha value is -3.60. The van der Waals surface area contributed by atoms with Crippen molar-refractivity contribution in [1.29, 1.82) is 0 Å². The summed E-state index contributed by atoms with van der Waals surface area (Å²) in [5.74, 6) is -1.43. The average Bonchev–Trinajstić information content (AvgIpc) is 3.05. The van der Waals surface area contributed by atoms with Crippen LogP contribution in [0.4, 0.5) is 15.8 Å². The Morgan fingerprint density at radius 2 is 2.07 bits per heavy atom. The molecule has 0 aliphatic heterocycles. The molecule has 2 aromatic carbocycles. The summed E-state index contributed by atoms with van der Waals surface area (Å²) < 4.78 is 13.7. The lowest BCUT2D eigenvalue weighted by Gasteiger charge is -2.05. The van der Waals surface area contributed by atoms with Crippen LogP contribution >= 0.6 is 11.8 Å². The minimum Gasteiger partial charge on any atom is -0.338 e. The molecule has 0 aliphatic carbocycles. The number of H-pyrrole nitrogens is 1. The van der Waals surface area contributed by atoms with Crippen molar-refractivity contribution >= 4 is 51.1 Å². The van der Waals surface area contributed by atoms with E-state index in [2.05, 4.69) is 25.5 Å². The van der Waals surface area contributed by atoms with Crippen molar-refractivity contribution in [3.63, 3.8) is 0 Å². The quantitative estimate of drug-likeness (QED) is 0.300. The highest BCUT2D eigenvalue weighted by atomic mass is 32.2. The molecular weight excluding hydrogens is 387 g/mol. The third-order valence-corrected chi connectivity index (χ3v) is 4.71. The Morgan fingerprint density at radius 3 is 2.89 bits per heavy atom. The maximum absolute atomic E-state index is 13.7. The lowest BCUT2D eigenvalue weighted by atomic mass is 10.2. The zero-order valence-corrected chi connectivity index (χ0v) is 14.9. The van der Waals surface area contributed by atoms with Gasteiger partial charge in [-0.15, -0.1) is 10.2 Å². The molecular formula is C17H11FN6O3S. The van der Waals surface area contributed by atoms with E-state index in [0.717, 1.165) is 40.9 Å². The number of anilines is 1. The number of aromatic amines is 1. The Labute approximate surface area is 160 Å². The van der Waals surface area contributed by atoms with Gasteiger partial charge in [-0.3, -0.25) is 14.9 Å². The number of fused-ring (bicyclic) bond motifs is 3. The molecule has 0 aliphatic rings. The molecule has 2 aromatic heterocycles. The highest BCUT2D eigenvalue weighted by Gasteiger charge is 2.14. The first-order valence-electron chi connectivity index (χ1n) is 7.99. The number of halogens is 1. The minimum absolute atomic E-state index is 0.116. The predicted molar refractivity (Wildman–Crippen MR) is 102 cm³/mol. The first-order valence-corrected chi connectivity index (χ1v) is 8.97. The summed E-state index contributed by atoms with van der Waals surface area (Å²) in [7, 11) is 0. The van der Waals surface area contributed by atoms with E-state index in [4.69, 9.17) is 0 Å². The Balaban J connectivity index is 1.47. The molecule has 4 aromatic rings. The molecule has 2 heterocycles. The molecule has 0 atom stereocenters. The average molecular weight is 398 g/mol. The molecule has 0 fully saturated rings. The van der Waals surface area contributed by atoms with Gasteiger partial charge in [-0.25, -0.2) is 9.37 Å². The van der Waals surface area contributed by atoms with Crippen LogP contribution in [-0.2, 0) is 4.79 Å². The van der Waals surface area contributed by atoms with Crippen LogP contribution in [-0.4, -0.2) is 36.7 Å². The molecule has 9 nitrogen and oxygen atoms in total. The van der Waals surface area contributed by atoms with Crippen LogP contribution in [0.1, 0.15) is 0 Å². The number of thioether (sulfide) groups is 1. The van der Waals surface area contributed by atoms with Gasteiger partial charge in [-0.2, -0.15) is 0 Å². The van der Waals surface area contributed by atoms with Crippen molar-refractivity contribution < 1.29 is 14.1 Å². The molecule has 140 valence electrons.